The Balaban J connectivity index is 2.26. The first-order valence-corrected chi connectivity index (χ1v) is 5.52. The van der Waals surface area contributed by atoms with Crippen molar-refractivity contribution in [3.8, 4) is 11.5 Å². The predicted molar refractivity (Wildman–Crippen MR) is 69.0 cm³/mol. The molecule has 0 aromatic heterocycles. The van der Waals surface area contributed by atoms with Gasteiger partial charge >= 0.3 is 0 Å². The van der Waals surface area contributed by atoms with Crippen LogP contribution >= 0.6 is 11.6 Å². The van der Waals surface area contributed by atoms with Crippen LogP contribution in [0.25, 0.3) is 0 Å². The van der Waals surface area contributed by atoms with E-state index in [2.05, 4.69) is 0 Å². The first-order chi connectivity index (χ1) is 8.97. The Morgan fingerprint density at radius 2 is 1.84 bits per heavy atom. The Kier molecular flexibility index (Phi) is 3.52. The molecule has 98 valence electrons. The third-order valence-electron chi connectivity index (χ3n) is 2.32. The fourth-order valence-electron chi connectivity index (χ4n) is 1.42. The summed E-state index contributed by atoms with van der Waals surface area (Å²) in [5.74, 6) is 0.0551. The molecule has 0 atom stereocenters. The first-order valence-electron chi connectivity index (χ1n) is 5.14. The zero-order chi connectivity index (χ0) is 14.0. The highest BCUT2D eigenvalue weighted by Crippen LogP contribution is 2.31. The van der Waals surface area contributed by atoms with Gasteiger partial charge < -0.3 is 10.5 Å². The van der Waals surface area contributed by atoms with Gasteiger partial charge in [-0.3, -0.25) is 10.1 Å². The van der Waals surface area contributed by atoms with Crippen molar-refractivity contribution in [2.24, 2.45) is 0 Å². The zero-order valence-electron chi connectivity index (χ0n) is 9.47. The third-order valence-corrected chi connectivity index (χ3v) is 2.62. The number of nitrogens with zero attached hydrogens (tertiary/aromatic N) is 1. The second-order valence-electron chi connectivity index (χ2n) is 3.66. The van der Waals surface area contributed by atoms with Gasteiger partial charge in [-0.1, -0.05) is 11.6 Å². The molecule has 0 heterocycles. The first kappa shape index (κ1) is 13.1. The van der Waals surface area contributed by atoms with Gasteiger partial charge in [0, 0.05) is 18.2 Å². The largest absolute Gasteiger partial charge is 0.457 e. The maximum Gasteiger partial charge on any atom is 0.288 e. The molecule has 0 aliphatic carbocycles. The van der Waals surface area contributed by atoms with Crippen molar-refractivity contribution in [1.29, 1.82) is 0 Å². The lowest BCUT2D eigenvalue weighted by atomic mass is 10.3. The molecule has 0 aliphatic rings. The molecule has 0 saturated carbocycles. The number of ether oxygens (including phenoxy) is 1. The number of benzene rings is 2. The van der Waals surface area contributed by atoms with Gasteiger partial charge in [0.1, 0.15) is 22.3 Å². The molecular weight excluding hydrogens is 275 g/mol. The molecule has 0 aliphatic heterocycles. The fraction of sp³-hybridized carbons (Fsp3) is 0. The highest BCUT2D eigenvalue weighted by molar-refractivity contribution is 6.32. The van der Waals surface area contributed by atoms with E-state index in [4.69, 9.17) is 22.1 Å². The summed E-state index contributed by atoms with van der Waals surface area (Å²) >= 11 is 5.74. The van der Waals surface area contributed by atoms with Gasteiger partial charge in [-0.25, -0.2) is 4.39 Å². The van der Waals surface area contributed by atoms with Crippen LogP contribution in [0, 0.1) is 15.9 Å². The smallest absolute Gasteiger partial charge is 0.288 e. The van der Waals surface area contributed by atoms with E-state index in [1.165, 1.54) is 30.3 Å². The monoisotopic (exact) mass is 282 g/mol. The lowest BCUT2D eigenvalue weighted by Gasteiger charge is -2.07. The molecule has 0 bridgehead atoms. The van der Waals surface area contributed by atoms with E-state index >= 15 is 0 Å². The molecule has 7 heteroatoms. The molecule has 0 spiro atoms. The van der Waals surface area contributed by atoms with Gasteiger partial charge in [-0.2, -0.15) is 0 Å². The van der Waals surface area contributed by atoms with E-state index in [0.717, 1.165) is 6.07 Å². The number of hydrogen-bond acceptors (Lipinski definition) is 4. The third kappa shape index (κ3) is 2.92. The Morgan fingerprint density at radius 3 is 2.42 bits per heavy atom. The van der Waals surface area contributed by atoms with Crippen LogP contribution in [0.3, 0.4) is 0 Å². The molecule has 2 N–H and O–H groups in total. The van der Waals surface area contributed by atoms with Crippen LogP contribution in [0.1, 0.15) is 0 Å². The highest BCUT2D eigenvalue weighted by atomic mass is 35.5. The van der Waals surface area contributed by atoms with Crippen molar-refractivity contribution < 1.29 is 14.1 Å². The molecule has 0 saturated heterocycles. The number of halogens is 2. The number of nitrogen functional groups attached to an aromatic ring is 1. The topological polar surface area (TPSA) is 78.4 Å². The van der Waals surface area contributed by atoms with E-state index < -0.39 is 10.7 Å². The average Bonchev–Trinajstić information content (AvgIpc) is 2.33. The van der Waals surface area contributed by atoms with Crippen LogP contribution < -0.4 is 10.5 Å². The van der Waals surface area contributed by atoms with E-state index in [-0.39, 0.29) is 16.4 Å². The Bertz CT molecular complexity index is 649. The van der Waals surface area contributed by atoms with Crippen molar-refractivity contribution in [1.82, 2.24) is 0 Å². The Labute approximate surface area is 112 Å². The van der Waals surface area contributed by atoms with Crippen molar-refractivity contribution in [3.05, 3.63) is 57.4 Å². The van der Waals surface area contributed by atoms with Crippen LogP contribution in [-0.2, 0) is 0 Å². The Hall–Kier alpha value is -2.34. The molecule has 2 aromatic rings. The molecule has 2 aromatic carbocycles. The highest BCUT2D eigenvalue weighted by Gasteiger charge is 2.13. The quantitative estimate of drug-likeness (QED) is 0.528. The van der Waals surface area contributed by atoms with Gasteiger partial charge in [0.25, 0.3) is 5.69 Å². The van der Waals surface area contributed by atoms with Crippen LogP contribution in [-0.4, -0.2) is 4.92 Å². The minimum atomic E-state index is -0.595. The number of nitrogens with two attached hydrogens (primary N) is 1. The van der Waals surface area contributed by atoms with Crippen LogP contribution in [0.4, 0.5) is 15.8 Å². The number of rotatable bonds is 3. The van der Waals surface area contributed by atoms with Gasteiger partial charge in [0.05, 0.1) is 10.6 Å². The maximum absolute atomic E-state index is 13.0. The van der Waals surface area contributed by atoms with E-state index in [9.17, 15) is 14.5 Å². The van der Waals surface area contributed by atoms with Gasteiger partial charge in [0.15, 0.2) is 0 Å². The molecule has 19 heavy (non-hydrogen) atoms. The van der Waals surface area contributed by atoms with Gasteiger partial charge in [-0.05, 0) is 18.2 Å². The van der Waals surface area contributed by atoms with Gasteiger partial charge in [-0.15, -0.1) is 0 Å². The van der Waals surface area contributed by atoms with Crippen LogP contribution in [0.15, 0.2) is 36.4 Å². The van der Waals surface area contributed by atoms with E-state index in [0.29, 0.717) is 11.5 Å². The number of anilines is 1. The van der Waals surface area contributed by atoms with Crippen LogP contribution in [0.5, 0.6) is 11.5 Å². The summed E-state index contributed by atoms with van der Waals surface area (Å²) in [4.78, 5) is 10.0. The lowest BCUT2D eigenvalue weighted by Crippen LogP contribution is -1.93. The molecular formula is C12H8ClFN2O3. The normalized spacial score (nSPS) is 10.2. The lowest BCUT2D eigenvalue weighted by molar-refractivity contribution is -0.384. The number of nitro benzene ring substituents is 1. The molecule has 0 fully saturated rings. The maximum atomic E-state index is 13.0. The molecule has 0 radical (unpaired) electrons. The van der Waals surface area contributed by atoms with Crippen molar-refractivity contribution in [2.45, 2.75) is 0 Å². The second-order valence-corrected chi connectivity index (χ2v) is 4.06. The van der Waals surface area contributed by atoms with Crippen molar-refractivity contribution in [2.75, 3.05) is 5.73 Å². The summed E-state index contributed by atoms with van der Waals surface area (Å²) in [5, 5.41) is 10.6. The molecule has 5 nitrogen and oxygen atoms in total. The number of hydrogen-bond donors (Lipinski definition) is 1. The average molecular weight is 283 g/mol. The summed E-state index contributed by atoms with van der Waals surface area (Å²) in [6.45, 7) is 0. The standard InChI is InChI=1S/C12H8ClFN2O3/c13-9-5-7(2-4-12(9)16(17)18)19-8-1-3-10(14)11(15)6-8/h1-6H,15H2. The summed E-state index contributed by atoms with van der Waals surface area (Å²) in [5.41, 5.74) is 5.13. The number of nitro groups is 1. The molecule has 0 amide bonds. The Morgan fingerprint density at radius 1 is 1.21 bits per heavy atom. The fourth-order valence-corrected chi connectivity index (χ4v) is 1.66. The van der Waals surface area contributed by atoms with E-state index in [1.807, 2.05) is 0 Å². The summed E-state index contributed by atoms with van der Waals surface area (Å²) in [7, 11) is 0. The zero-order valence-corrected chi connectivity index (χ0v) is 10.2. The van der Waals surface area contributed by atoms with Crippen molar-refractivity contribution in [3.63, 3.8) is 0 Å². The minimum absolute atomic E-state index is 0.0439. The summed E-state index contributed by atoms with van der Waals surface area (Å²) in [6.07, 6.45) is 0. The summed E-state index contributed by atoms with van der Waals surface area (Å²) < 4.78 is 18.3. The molecule has 0 unspecified atom stereocenters. The van der Waals surface area contributed by atoms with Crippen molar-refractivity contribution >= 4 is 23.0 Å². The van der Waals surface area contributed by atoms with Crippen LogP contribution in [0.2, 0.25) is 5.02 Å². The predicted octanol–water partition coefficient (Wildman–Crippen LogP) is 3.76. The SMILES string of the molecule is Nc1cc(Oc2ccc([N+](=O)[O-])c(Cl)c2)ccc1F. The molecule has 2 rings (SSSR count). The second kappa shape index (κ2) is 5.11. The van der Waals surface area contributed by atoms with Gasteiger partial charge in [0.2, 0.25) is 0 Å². The minimum Gasteiger partial charge on any atom is -0.457 e. The van der Waals surface area contributed by atoms with E-state index in [1.54, 1.807) is 0 Å². The summed E-state index contributed by atoms with van der Waals surface area (Å²) in [6, 6.07) is 7.79.